The maximum atomic E-state index is 12.4. The Hall–Kier alpha value is -3.65. The normalized spacial score (nSPS) is 10.7. The average Bonchev–Trinajstić information content (AvgIpc) is 3.41. The Morgan fingerprint density at radius 3 is 2.60 bits per heavy atom. The van der Waals surface area contributed by atoms with E-state index in [1.807, 2.05) is 30.3 Å². The SMILES string of the molecule is CCOC(=O)c1c(-c2ccco2)csc1NC(=O)COC(=O)/C=C/c1ccccc1. The van der Waals surface area contributed by atoms with Gasteiger partial charge in [-0.15, -0.1) is 11.3 Å². The third kappa shape index (κ3) is 5.45. The van der Waals surface area contributed by atoms with Gasteiger partial charge in [0.1, 0.15) is 16.3 Å². The van der Waals surface area contributed by atoms with Gasteiger partial charge in [0.2, 0.25) is 0 Å². The molecule has 0 radical (unpaired) electrons. The smallest absolute Gasteiger partial charge is 0.341 e. The van der Waals surface area contributed by atoms with Gasteiger partial charge in [-0.3, -0.25) is 4.79 Å². The van der Waals surface area contributed by atoms with E-state index in [-0.39, 0.29) is 12.2 Å². The van der Waals surface area contributed by atoms with Crippen LogP contribution in [0.5, 0.6) is 0 Å². The van der Waals surface area contributed by atoms with Crippen LogP contribution in [0.15, 0.2) is 64.6 Å². The molecule has 154 valence electrons. The van der Waals surface area contributed by atoms with Gasteiger partial charge in [0.25, 0.3) is 5.91 Å². The van der Waals surface area contributed by atoms with Crippen LogP contribution in [0.1, 0.15) is 22.8 Å². The zero-order valence-electron chi connectivity index (χ0n) is 16.1. The molecule has 0 bridgehead atoms. The molecule has 0 spiro atoms. The lowest BCUT2D eigenvalue weighted by Crippen LogP contribution is -2.21. The van der Waals surface area contributed by atoms with Crippen LogP contribution in [-0.4, -0.2) is 31.1 Å². The molecule has 3 rings (SSSR count). The molecule has 0 aliphatic rings. The summed E-state index contributed by atoms with van der Waals surface area (Å²) in [6, 6.07) is 12.6. The fourth-order valence-electron chi connectivity index (χ4n) is 2.54. The Morgan fingerprint density at radius 2 is 1.90 bits per heavy atom. The van der Waals surface area contributed by atoms with Crippen LogP contribution in [0.25, 0.3) is 17.4 Å². The molecule has 0 aliphatic heterocycles. The van der Waals surface area contributed by atoms with Gasteiger partial charge in [0, 0.05) is 17.0 Å². The largest absolute Gasteiger partial charge is 0.464 e. The number of hydrogen-bond acceptors (Lipinski definition) is 7. The number of rotatable bonds is 8. The first kappa shape index (κ1) is 21.1. The van der Waals surface area contributed by atoms with E-state index >= 15 is 0 Å². The number of hydrogen-bond donors (Lipinski definition) is 1. The molecule has 3 aromatic rings. The number of nitrogens with one attached hydrogen (secondary N) is 1. The second-order valence-electron chi connectivity index (χ2n) is 5.95. The molecule has 0 atom stereocenters. The molecule has 30 heavy (non-hydrogen) atoms. The number of thiophene rings is 1. The molecule has 1 N–H and O–H groups in total. The number of esters is 2. The molecule has 1 amide bonds. The molecular formula is C22H19NO6S. The van der Waals surface area contributed by atoms with Crippen molar-refractivity contribution in [2.24, 2.45) is 0 Å². The van der Waals surface area contributed by atoms with Crippen LogP contribution in [0.2, 0.25) is 0 Å². The fourth-order valence-corrected chi connectivity index (χ4v) is 3.50. The summed E-state index contributed by atoms with van der Waals surface area (Å²) < 4.78 is 15.4. The van der Waals surface area contributed by atoms with Gasteiger partial charge in [-0.2, -0.15) is 0 Å². The molecular weight excluding hydrogens is 406 g/mol. The third-order valence-electron chi connectivity index (χ3n) is 3.87. The van der Waals surface area contributed by atoms with Crippen molar-refractivity contribution in [2.75, 3.05) is 18.5 Å². The summed E-state index contributed by atoms with van der Waals surface area (Å²) in [7, 11) is 0. The lowest BCUT2D eigenvalue weighted by atomic mass is 10.1. The van der Waals surface area contributed by atoms with Crippen LogP contribution in [0.4, 0.5) is 5.00 Å². The standard InChI is InChI=1S/C22H19NO6S/c1-2-27-22(26)20-16(17-9-6-12-28-17)14-30-21(20)23-18(24)13-29-19(25)11-10-15-7-4-3-5-8-15/h3-12,14H,2,13H2,1H3,(H,23,24)/b11-10+. The number of anilines is 1. The highest BCUT2D eigenvalue weighted by molar-refractivity contribution is 7.15. The van der Waals surface area contributed by atoms with Crippen molar-refractivity contribution in [1.82, 2.24) is 0 Å². The molecule has 0 fully saturated rings. The maximum Gasteiger partial charge on any atom is 0.341 e. The zero-order valence-corrected chi connectivity index (χ0v) is 16.9. The Morgan fingerprint density at radius 1 is 1.10 bits per heavy atom. The minimum absolute atomic E-state index is 0.186. The number of ether oxygens (including phenoxy) is 2. The second-order valence-corrected chi connectivity index (χ2v) is 6.83. The van der Waals surface area contributed by atoms with E-state index in [4.69, 9.17) is 13.9 Å². The number of carbonyl (C=O) groups is 3. The van der Waals surface area contributed by atoms with Crippen molar-refractivity contribution in [1.29, 1.82) is 0 Å². The monoisotopic (exact) mass is 425 g/mol. The van der Waals surface area contributed by atoms with Crippen LogP contribution >= 0.6 is 11.3 Å². The Bertz CT molecular complexity index is 1040. The first-order chi connectivity index (χ1) is 14.6. The minimum atomic E-state index is -0.651. The topological polar surface area (TPSA) is 94.8 Å². The highest BCUT2D eigenvalue weighted by Gasteiger charge is 2.24. The average molecular weight is 425 g/mol. The quantitative estimate of drug-likeness (QED) is 0.425. The van der Waals surface area contributed by atoms with E-state index in [1.54, 1.807) is 30.5 Å². The minimum Gasteiger partial charge on any atom is -0.464 e. The molecule has 0 unspecified atom stereocenters. The van der Waals surface area contributed by atoms with E-state index in [2.05, 4.69) is 5.32 Å². The van der Waals surface area contributed by atoms with Crippen LogP contribution < -0.4 is 5.32 Å². The van der Waals surface area contributed by atoms with Gasteiger partial charge in [-0.1, -0.05) is 30.3 Å². The number of benzene rings is 1. The molecule has 8 heteroatoms. The summed E-state index contributed by atoms with van der Waals surface area (Å²) in [6.45, 7) is 1.39. The third-order valence-corrected chi connectivity index (χ3v) is 4.76. The summed E-state index contributed by atoms with van der Waals surface area (Å²) in [6.07, 6.45) is 4.32. The lowest BCUT2D eigenvalue weighted by molar-refractivity contribution is -0.142. The van der Waals surface area contributed by atoms with Gasteiger partial charge in [0.15, 0.2) is 6.61 Å². The predicted octanol–water partition coefficient (Wildman–Crippen LogP) is 4.38. The first-order valence-electron chi connectivity index (χ1n) is 9.10. The lowest BCUT2D eigenvalue weighted by Gasteiger charge is -2.08. The maximum absolute atomic E-state index is 12.4. The van der Waals surface area contributed by atoms with E-state index in [0.717, 1.165) is 16.9 Å². The highest BCUT2D eigenvalue weighted by Crippen LogP contribution is 2.36. The molecule has 1 aromatic carbocycles. The van der Waals surface area contributed by atoms with E-state index in [0.29, 0.717) is 16.3 Å². The Kier molecular flexibility index (Phi) is 7.18. The number of carbonyl (C=O) groups excluding carboxylic acids is 3. The highest BCUT2D eigenvalue weighted by atomic mass is 32.1. The van der Waals surface area contributed by atoms with Gasteiger partial charge in [0.05, 0.1) is 12.9 Å². The van der Waals surface area contributed by atoms with E-state index in [9.17, 15) is 14.4 Å². The summed E-state index contributed by atoms with van der Waals surface area (Å²) in [4.78, 5) is 36.5. The first-order valence-corrected chi connectivity index (χ1v) is 9.98. The van der Waals surface area contributed by atoms with Gasteiger partial charge < -0.3 is 19.2 Å². The van der Waals surface area contributed by atoms with Crippen molar-refractivity contribution in [3.05, 3.63) is 71.3 Å². The summed E-state index contributed by atoms with van der Waals surface area (Å²) in [5, 5.41) is 4.58. The summed E-state index contributed by atoms with van der Waals surface area (Å²) in [5.74, 6) is -1.33. The molecule has 0 aliphatic carbocycles. The Labute approximate surface area is 176 Å². The van der Waals surface area contributed by atoms with Crippen LogP contribution in [-0.2, 0) is 19.1 Å². The zero-order chi connectivity index (χ0) is 21.3. The van der Waals surface area contributed by atoms with Crippen molar-refractivity contribution in [2.45, 2.75) is 6.92 Å². The molecule has 7 nitrogen and oxygen atoms in total. The molecule has 2 aromatic heterocycles. The second kappa shape index (κ2) is 10.2. The van der Waals surface area contributed by atoms with Gasteiger partial charge >= 0.3 is 11.9 Å². The summed E-state index contributed by atoms with van der Waals surface area (Å²) in [5.41, 5.74) is 1.55. The molecule has 0 saturated heterocycles. The fraction of sp³-hybridized carbons (Fsp3) is 0.136. The van der Waals surface area contributed by atoms with Crippen LogP contribution in [0.3, 0.4) is 0 Å². The predicted molar refractivity (Wildman–Crippen MR) is 113 cm³/mol. The van der Waals surface area contributed by atoms with Crippen LogP contribution in [0, 0.1) is 0 Å². The summed E-state index contributed by atoms with van der Waals surface area (Å²) >= 11 is 1.15. The van der Waals surface area contributed by atoms with Gasteiger partial charge in [-0.05, 0) is 30.7 Å². The van der Waals surface area contributed by atoms with Crippen molar-refractivity contribution < 1.29 is 28.3 Å². The van der Waals surface area contributed by atoms with Crippen molar-refractivity contribution in [3.8, 4) is 11.3 Å². The van der Waals surface area contributed by atoms with Crippen molar-refractivity contribution in [3.63, 3.8) is 0 Å². The van der Waals surface area contributed by atoms with Gasteiger partial charge in [-0.25, -0.2) is 9.59 Å². The van der Waals surface area contributed by atoms with E-state index < -0.39 is 24.5 Å². The van der Waals surface area contributed by atoms with E-state index in [1.165, 1.54) is 12.3 Å². The molecule has 2 heterocycles. The number of furan rings is 1. The molecule has 0 saturated carbocycles. The Balaban J connectivity index is 1.64. The number of amides is 1. The van der Waals surface area contributed by atoms with Crippen molar-refractivity contribution >= 4 is 40.3 Å².